The minimum absolute atomic E-state index is 0.0115. The molecule has 1 amide bonds. The van der Waals surface area contributed by atoms with Gasteiger partial charge in [0.05, 0.1) is 11.8 Å². The van der Waals surface area contributed by atoms with Gasteiger partial charge < -0.3 is 4.90 Å². The zero-order valence-electron chi connectivity index (χ0n) is 14.0. The molecule has 2 heterocycles. The molecule has 0 atom stereocenters. The Hall–Kier alpha value is -2.18. The predicted molar refractivity (Wildman–Crippen MR) is 102 cm³/mol. The summed E-state index contributed by atoms with van der Waals surface area (Å²) in [4.78, 5) is 31.9. The smallest absolute Gasteiger partial charge is 0.271 e. The molecule has 3 aromatic rings. The summed E-state index contributed by atoms with van der Waals surface area (Å²) in [5.74, 6) is -0.0808. The Morgan fingerprint density at radius 3 is 2.56 bits per heavy atom. The molecule has 1 aromatic carbocycles. The molecule has 130 valence electrons. The third kappa shape index (κ3) is 3.60. The Labute approximate surface area is 154 Å². The van der Waals surface area contributed by atoms with Crippen LogP contribution in [0.3, 0.4) is 0 Å². The van der Waals surface area contributed by atoms with Gasteiger partial charge in [-0.05, 0) is 37.6 Å². The Morgan fingerprint density at radius 2 is 1.92 bits per heavy atom. The number of benzene rings is 1. The number of nitrogens with zero attached hydrogens (tertiary/aromatic N) is 3. The Morgan fingerprint density at radius 1 is 1.24 bits per heavy atom. The van der Waals surface area contributed by atoms with Crippen molar-refractivity contribution in [1.82, 2.24) is 14.5 Å². The van der Waals surface area contributed by atoms with Gasteiger partial charge in [0.1, 0.15) is 11.2 Å². The molecule has 3 rings (SSSR count). The highest BCUT2D eigenvalue weighted by molar-refractivity contribution is 7.22. The summed E-state index contributed by atoms with van der Waals surface area (Å²) in [7, 11) is 0. The molecule has 7 heteroatoms. The van der Waals surface area contributed by atoms with Crippen molar-refractivity contribution in [2.75, 3.05) is 13.1 Å². The molecule has 0 unspecified atom stereocenters. The third-order valence-corrected chi connectivity index (χ3v) is 5.47. The van der Waals surface area contributed by atoms with E-state index in [1.54, 1.807) is 4.90 Å². The van der Waals surface area contributed by atoms with Crippen LogP contribution in [-0.4, -0.2) is 33.4 Å². The first-order valence-corrected chi connectivity index (χ1v) is 9.25. The molecule has 25 heavy (non-hydrogen) atoms. The maximum atomic E-state index is 12.7. The molecule has 0 saturated heterocycles. The lowest BCUT2D eigenvalue weighted by atomic mass is 10.2. The zero-order chi connectivity index (χ0) is 18.0. The van der Waals surface area contributed by atoms with Gasteiger partial charge in [0.25, 0.3) is 5.56 Å². The van der Waals surface area contributed by atoms with Crippen LogP contribution in [0.2, 0.25) is 5.02 Å². The highest BCUT2D eigenvalue weighted by Crippen LogP contribution is 2.31. The summed E-state index contributed by atoms with van der Waals surface area (Å²) in [6, 6.07) is 9.34. The molecule has 5 nitrogen and oxygen atoms in total. The van der Waals surface area contributed by atoms with Crippen LogP contribution in [0.4, 0.5) is 0 Å². The Kier molecular flexibility index (Phi) is 5.20. The monoisotopic (exact) mass is 375 g/mol. The van der Waals surface area contributed by atoms with Crippen molar-refractivity contribution in [3.63, 3.8) is 0 Å². The summed E-state index contributed by atoms with van der Waals surface area (Å²) < 4.78 is 1.94. The molecule has 0 aliphatic carbocycles. The first-order valence-electron chi connectivity index (χ1n) is 8.06. The van der Waals surface area contributed by atoms with Gasteiger partial charge in [0, 0.05) is 23.0 Å². The molecule has 0 N–H and O–H groups in total. The van der Waals surface area contributed by atoms with Crippen molar-refractivity contribution < 1.29 is 4.79 Å². The molecule has 2 aromatic heterocycles. The molecule has 0 bridgehead atoms. The van der Waals surface area contributed by atoms with E-state index in [1.165, 1.54) is 22.2 Å². The Bertz CT molecular complexity index is 959. The fourth-order valence-corrected chi connectivity index (χ4v) is 3.83. The number of aromatic nitrogens is 2. The third-order valence-electron chi connectivity index (χ3n) is 4.05. The average Bonchev–Trinajstić information content (AvgIpc) is 3.04. The van der Waals surface area contributed by atoms with Gasteiger partial charge in [0.2, 0.25) is 5.91 Å². The number of halogens is 1. The second-order valence-corrected chi connectivity index (χ2v) is 7.06. The van der Waals surface area contributed by atoms with Crippen molar-refractivity contribution in [1.29, 1.82) is 0 Å². The molecule has 0 aliphatic heterocycles. The van der Waals surface area contributed by atoms with Gasteiger partial charge in [-0.25, -0.2) is 4.98 Å². The zero-order valence-corrected chi connectivity index (χ0v) is 15.6. The van der Waals surface area contributed by atoms with Gasteiger partial charge in [-0.2, -0.15) is 0 Å². The normalized spacial score (nSPS) is 11.0. The number of rotatable bonds is 5. The van der Waals surface area contributed by atoms with Gasteiger partial charge >= 0.3 is 0 Å². The van der Waals surface area contributed by atoms with E-state index in [1.807, 2.05) is 44.2 Å². The van der Waals surface area contributed by atoms with Crippen LogP contribution in [-0.2, 0) is 11.3 Å². The number of carbonyl (C=O) groups excluding carboxylic acids is 1. The van der Waals surface area contributed by atoms with Crippen LogP contribution < -0.4 is 5.56 Å². The lowest BCUT2D eigenvalue weighted by Crippen LogP contribution is -2.36. The van der Waals surface area contributed by atoms with Crippen molar-refractivity contribution in [3.8, 4) is 10.4 Å². The van der Waals surface area contributed by atoms with Crippen LogP contribution in [0.15, 0.2) is 41.5 Å². The highest BCUT2D eigenvalue weighted by atomic mass is 35.5. The van der Waals surface area contributed by atoms with E-state index in [4.69, 9.17) is 11.6 Å². The van der Waals surface area contributed by atoms with Crippen molar-refractivity contribution in [2.24, 2.45) is 0 Å². The number of hydrogen-bond acceptors (Lipinski definition) is 4. The summed E-state index contributed by atoms with van der Waals surface area (Å²) in [5, 5.41) is 0.667. The number of likely N-dealkylation sites (N-methyl/N-ethyl adjacent to an activating group) is 1. The molecule has 0 radical (unpaired) electrons. The van der Waals surface area contributed by atoms with E-state index in [-0.39, 0.29) is 18.0 Å². The molecule has 0 spiro atoms. The molecular formula is C18H18ClN3O2S. The topological polar surface area (TPSA) is 55.2 Å². The lowest BCUT2D eigenvalue weighted by molar-refractivity contribution is -0.131. The second-order valence-electron chi connectivity index (χ2n) is 5.58. The fourth-order valence-electron chi connectivity index (χ4n) is 2.64. The van der Waals surface area contributed by atoms with Crippen LogP contribution in [0, 0.1) is 0 Å². The van der Waals surface area contributed by atoms with Crippen molar-refractivity contribution in [3.05, 3.63) is 52.0 Å². The van der Waals surface area contributed by atoms with Gasteiger partial charge in [-0.1, -0.05) is 23.7 Å². The number of amides is 1. The van der Waals surface area contributed by atoms with Gasteiger partial charge in [-0.3, -0.25) is 14.2 Å². The van der Waals surface area contributed by atoms with Crippen molar-refractivity contribution in [2.45, 2.75) is 20.4 Å². The van der Waals surface area contributed by atoms with E-state index < -0.39 is 0 Å². The van der Waals surface area contributed by atoms with E-state index >= 15 is 0 Å². The number of carbonyl (C=O) groups is 1. The standard InChI is InChI=1S/C18H18ClN3O2S/c1-3-21(4-2)16(23)10-22-11-20-14-9-15(25-17(14)18(22)24)12-5-7-13(19)8-6-12/h5-9,11H,3-4,10H2,1-2H3. The van der Waals surface area contributed by atoms with Crippen LogP contribution in [0.25, 0.3) is 20.7 Å². The molecule has 0 fully saturated rings. The van der Waals surface area contributed by atoms with E-state index in [0.717, 1.165) is 10.4 Å². The summed E-state index contributed by atoms with van der Waals surface area (Å²) in [6.45, 7) is 5.10. The Balaban J connectivity index is 1.96. The van der Waals surface area contributed by atoms with E-state index in [9.17, 15) is 9.59 Å². The first-order chi connectivity index (χ1) is 12.0. The van der Waals surface area contributed by atoms with E-state index in [0.29, 0.717) is 28.3 Å². The number of thiophene rings is 1. The first kappa shape index (κ1) is 17.6. The maximum absolute atomic E-state index is 12.7. The number of fused-ring (bicyclic) bond motifs is 1. The molecule has 0 saturated carbocycles. The van der Waals surface area contributed by atoms with Crippen LogP contribution in [0.1, 0.15) is 13.8 Å². The van der Waals surface area contributed by atoms with Crippen LogP contribution in [0.5, 0.6) is 0 Å². The maximum Gasteiger partial charge on any atom is 0.271 e. The largest absolute Gasteiger partial charge is 0.342 e. The SMILES string of the molecule is CCN(CC)C(=O)Cn1cnc2cc(-c3ccc(Cl)cc3)sc2c1=O. The quantitative estimate of drug-likeness (QED) is 0.684. The summed E-state index contributed by atoms with van der Waals surface area (Å²) in [5.41, 5.74) is 1.44. The van der Waals surface area contributed by atoms with Crippen LogP contribution >= 0.6 is 22.9 Å². The average molecular weight is 376 g/mol. The summed E-state index contributed by atoms with van der Waals surface area (Å²) >= 11 is 7.30. The lowest BCUT2D eigenvalue weighted by Gasteiger charge is -2.18. The van der Waals surface area contributed by atoms with Crippen molar-refractivity contribution >= 4 is 39.1 Å². The van der Waals surface area contributed by atoms with E-state index in [2.05, 4.69) is 4.98 Å². The highest BCUT2D eigenvalue weighted by Gasteiger charge is 2.14. The second kappa shape index (κ2) is 7.37. The predicted octanol–water partition coefficient (Wildman–Crippen LogP) is 3.65. The number of hydrogen-bond donors (Lipinski definition) is 0. The molecular weight excluding hydrogens is 358 g/mol. The fraction of sp³-hybridized carbons (Fsp3) is 0.278. The minimum atomic E-state index is -0.185. The van der Waals surface area contributed by atoms with Gasteiger partial charge in [0.15, 0.2) is 0 Å². The molecule has 0 aliphatic rings. The minimum Gasteiger partial charge on any atom is -0.342 e. The van der Waals surface area contributed by atoms with Gasteiger partial charge in [-0.15, -0.1) is 11.3 Å². The summed E-state index contributed by atoms with van der Waals surface area (Å²) in [6.07, 6.45) is 1.45.